The minimum atomic E-state index is 0.423. The fourth-order valence-electron chi connectivity index (χ4n) is 1.98. The van der Waals surface area contributed by atoms with Crippen LogP contribution in [0.1, 0.15) is 18.4 Å². The largest absolute Gasteiger partial charge is 0.497 e. The van der Waals surface area contributed by atoms with Gasteiger partial charge in [0.05, 0.1) is 18.5 Å². The number of anilines is 2. The number of rotatable bonds is 5. The van der Waals surface area contributed by atoms with Crippen molar-refractivity contribution >= 4 is 11.4 Å². The smallest absolute Gasteiger partial charge is 0.121 e. The van der Waals surface area contributed by atoms with Gasteiger partial charge in [-0.2, -0.15) is 0 Å². The molecule has 1 atom stereocenters. The van der Waals surface area contributed by atoms with Crippen molar-refractivity contribution in [2.75, 3.05) is 24.7 Å². The second-order valence-corrected chi connectivity index (χ2v) is 4.65. The van der Waals surface area contributed by atoms with Gasteiger partial charge in [0.25, 0.3) is 0 Å². The van der Waals surface area contributed by atoms with E-state index in [1.165, 1.54) is 5.56 Å². The fourth-order valence-corrected chi connectivity index (χ4v) is 1.98. The number of benzene rings is 2. The highest BCUT2D eigenvalue weighted by Crippen LogP contribution is 2.25. The zero-order valence-electron chi connectivity index (χ0n) is 11.4. The van der Waals surface area contributed by atoms with E-state index >= 15 is 0 Å². The van der Waals surface area contributed by atoms with E-state index in [1.807, 2.05) is 24.3 Å². The second-order valence-electron chi connectivity index (χ2n) is 4.65. The summed E-state index contributed by atoms with van der Waals surface area (Å²) in [5, 5.41) is 3.38. The highest BCUT2D eigenvalue weighted by atomic mass is 16.5. The molecule has 0 saturated carbocycles. The fraction of sp³-hybridized carbons (Fsp3) is 0.250. The standard InChI is InChI=1S/C16H20N2O/c1-12(13-6-4-3-5-7-13)11-18-16-10-14(19-2)8-9-15(16)17/h3-10,12,18H,11,17H2,1-2H3. The van der Waals surface area contributed by atoms with Gasteiger partial charge < -0.3 is 15.8 Å². The first-order valence-electron chi connectivity index (χ1n) is 6.43. The Morgan fingerprint density at radius 3 is 2.58 bits per heavy atom. The van der Waals surface area contributed by atoms with Gasteiger partial charge in [0.15, 0.2) is 0 Å². The van der Waals surface area contributed by atoms with Crippen LogP contribution >= 0.6 is 0 Å². The zero-order chi connectivity index (χ0) is 13.7. The van der Waals surface area contributed by atoms with Crippen molar-refractivity contribution in [3.8, 4) is 5.75 Å². The van der Waals surface area contributed by atoms with Crippen molar-refractivity contribution in [1.29, 1.82) is 0 Å². The van der Waals surface area contributed by atoms with Crippen LogP contribution in [0, 0.1) is 0 Å². The van der Waals surface area contributed by atoms with Crippen molar-refractivity contribution < 1.29 is 4.74 Å². The number of methoxy groups -OCH3 is 1. The third-order valence-electron chi connectivity index (χ3n) is 3.23. The molecule has 0 spiro atoms. The van der Waals surface area contributed by atoms with Crippen LogP contribution in [0.5, 0.6) is 5.75 Å². The van der Waals surface area contributed by atoms with Gasteiger partial charge in [0.2, 0.25) is 0 Å². The van der Waals surface area contributed by atoms with Crippen molar-refractivity contribution in [3.63, 3.8) is 0 Å². The van der Waals surface area contributed by atoms with Gasteiger partial charge in [0, 0.05) is 12.6 Å². The molecule has 3 nitrogen and oxygen atoms in total. The molecule has 0 bridgehead atoms. The Morgan fingerprint density at radius 1 is 1.16 bits per heavy atom. The minimum absolute atomic E-state index is 0.423. The predicted molar refractivity (Wildman–Crippen MR) is 80.8 cm³/mol. The Hall–Kier alpha value is -2.16. The average Bonchev–Trinajstić information content (AvgIpc) is 2.47. The third kappa shape index (κ3) is 3.41. The van der Waals surface area contributed by atoms with Crippen LogP contribution in [0.25, 0.3) is 0 Å². The van der Waals surface area contributed by atoms with Crippen LogP contribution in [-0.2, 0) is 0 Å². The molecule has 0 radical (unpaired) electrons. The number of hydrogen-bond acceptors (Lipinski definition) is 3. The summed E-state index contributed by atoms with van der Waals surface area (Å²) < 4.78 is 5.21. The lowest BCUT2D eigenvalue weighted by atomic mass is 10.0. The van der Waals surface area contributed by atoms with Crippen LogP contribution in [0.2, 0.25) is 0 Å². The summed E-state index contributed by atoms with van der Waals surface area (Å²) >= 11 is 0. The maximum atomic E-state index is 5.95. The first-order valence-corrected chi connectivity index (χ1v) is 6.43. The Balaban J connectivity index is 2.02. The van der Waals surface area contributed by atoms with Gasteiger partial charge in [-0.05, 0) is 23.6 Å². The molecule has 2 rings (SSSR count). The van der Waals surface area contributed by atoms with Crippen molar-refractivity contribution in [1.82, 2.24) is 0 Å². The summed E-state index contributed by atoms with van der Waals surface area (Å²) in [4.78, 5) is 0. The van der Waals surface area contributed by atoms with E-state index in [0.717, 1.165) is 23.7 Å². The van der Waals surface area contributed by atoms with Crippen LogP contribution in [-0.4, -0.2) is 13.7 Å². The summed E-state index contributed by atoms with van der Waals surface area (Å²) in [6.45, 7) is 3.03. The van der Waals surface area contributed by atoms with Crippen molar-refractivity contribution in [2.24, 2.45) is 0 Å². The normalized spacial score (nSPS) is 11.9. The van der Waals surface area contributed by atoms with Crippen molar-refractivity contribution in [2.45, 2.75) is 12.8 Å². The molecular formula is C16H20N2O. The second kappa shape index (κ2) is 6.14. The quantitative estimate of drug-likeness (QED) is 0.805. The molecule has 0 aliphatic rings. The van der Waals surface area contributed by atoms with Gasteiger partial charge in [-0.25, -0.2) is 0 Å². The molecule has 100 valence electrons. The number of ether oxygens (including phenoxy) is 1. The Bertz CT molecular complexity index is 526. The number of nitrogens with one attached hydrogen (secondary N) is 1. The monoisotopic (exact) mass is 256 g/mol. The Kier molecular flexibility index (Phi) is 4.29. The lowest BCUT2D eigenvalue weighted by Crippen LogP contribution is -2.11. The molecule has 3 heteroatoms. The zero-order valence-corrected chi connectivity index (χ0v) is 11.4. The molecule has 1 unspecified atom stereocenters. The summed E-state index contributed by atoms with van der Waals surface area (Å²) in [5.74, 6) is 1.23. The molecule has 0 aliphatic heterocycles. The number of nitrogen functional groups attached to an aromatic ring is 1. The molecule has 0 aliphatic carbocycles. The van der Waals surface area contributed by atoms with Gasteiger partial charge in [0.1, 0.15) is 5.75 Å². The van der Waals surface area contributed by atoms with Crippen LogP contribution in [0.4, 0.5) is 11.4 Å². The lowest BCUT2D eigenvalue weighted by Gasteiger charge is -2.16. The molecule has 2 aromatic rings. The van der Waals surface area contributed by atoms with Gasteiger partial charge in [-0.3, -0.25) is 0 Å². The first kappa shape index (κ1) is 13.3. The maximum absolute atomic E-state index is 5.95. The molecule has 19 heavy (non-hydrogen) atoms. The predicted octanol–water partition coefficient (Wildman–Crippen LogP) is 3.49. The van der Waals surface area contributed by atoms with Crippen molar-refractivity contribution in [3.05, 3.63) is 54.1 Å². The summed E-state index contributed by atoms with van der Waals surface area (Å²) in [7, 11) is 1.65. The SMILES string of the molecule is COc1ccc(N)c(NCC(C)c2ccccc2)c1. The molecule has 0 fully saturated rings. The van der Waals surface area contributed by atoms with E-state index in [1.54, 1.807) is 7.11 Å². The van der Waals surface area contributed by atoms with E-state index < -0.39 is 0 Å². The summed E-state index contributed by atoms with van der Waals surface area (Å²) in [6, 6.07) is 16.1. The molecule has 2 aromatic carbocycles. The molecule has 0 saturated heterocycles. The van der Waals surface area contributed by atoms with Gasteiger partial charge in [-0.1, -0.05) is 37.3 Å². The number of nitrogens with two attached hydrogens (primary N) is 1. The maximum Gasteiger partial charge on any atom is 0.121 e. The van der Waals surface area contributed by atoms with E-state index in [0.29, 0.717) is 5.92 Å². The Labute approximate surface area is 114 Å². The van der Waals surface area contributed by atoms with Crippen LogP contribution in [0.3, 0.4) is 0 Å². The highest BCUT2D eigenvalue weighted by molar-refractivity contribution is 5.68. The van der Waals surface area contributed by atoms with Gasteiger partial charge in [-0.15, -0.1) is 0 Å². The van der Waals surface area contributed by atoms with Crippen LogP contribution < -0.4 is 15.8 Å². The molecule has 0 aromatic heterocycles. The van der Waals surface area contributed by atoms with E-state index in [-0.39, 0.29) is 0 Å². The first-order chi connectivity index (χ1) is 9.20. The van der Waals surface area contributed by atoms with E-state index in [9.17, 15) is 0 Å². The average molecular weight is 256 g/mol. The Morgan fingerprint density at radius 2 is 1.89 bits per heavy atom. The minimum Gasteiger partial charge on any atom is -0.497 e. The molecule has 0 heterocycles. The third-order valence-corrected chi connectivity index (χ3v) is 3.23. The topological polar surface area (TPSA) is 47.3 Å². The summed E-state index contributed by atoms with van der Waals surface area (Å²) in [5.41, 5.74) is 8.92. The van der Waals surface area contributed by atoms with E-state index in [4.69, 9.17) is 10.5 Å². The molecule has 3 N–H and O–H groups in total. The highest BCUT2D eigenvalue weighted by Gasteiger charge is 2.06. The van der Waals surface area contributed by atoms with E-state index in [2.05, 4.69) is 36.5 Å². The molecule has 0 amide bonds. The van der Waals surface area contributed by atoms with Gasteiger partial charge >= 0.3 is 0 Å². The molecular weight excluding hydrogens is 236 g/mol. The number of hydrogen-bond donors (Lipinski definition) is 2. The van der Waals surface area contributed by atoms with Crippen LogP contribution in [0.15, 0.2) is 48.5 Å². The lowest BCUT2D eigenvalue weighted by molar-refractivity contribution is 0.415. The summed E-state index contributed by atoms with van der Waals surface area (Å²) in [6.07, 6.45) is 0.